The van der Waals surface area contributed by atoms with Gasteiger partial charge in [0.1, 0.15) is 0 Å². The van der Waals surface area contributed by atoms with Crippen LogP contribution in [0.2, 0.25) is 0 Å². The van der Waals surface area contributed by atoms with Crippen molar-refractivity contribution in [3.8, 4) is 11.1 Å². The Hall–Kier alpha value is -4.12. The lowest BCUT2D eigenvalue weighted by Crippen LogP contribution is -2.21. The molecule has 2 heterocycles. The van der Waals surface area contributed by atoms with Crippen LogP contribution in [-0.4, -0.2) is 5.29 Å². The van der Waals surface area contributed by atoms with Gasteiger partial charge in [-0.2, -0.15) is 0 Å². The van der Waals surface area contributed by atoms with E-state index in [2.05, 4.69) is 152 Å². The van der Waals surface area contributed by atoms with Crippen LogP contribution in [0.4, 0.5) is 0 Å². The van der Waals surface area contributed by atoms with Crippen LogP contribution in [0.5, 0.6) is 0 Å². The average Bonchev–Trinajstić information content (AvgIpc) is 3.25. The van der Waals surface area contributed by atoms with Gasteiger partial charge in [-0.3, -0.25) is 0 Å². The van der Waals surface area contributed by atoms with Gasteiger partial charge in [-0.1, -0.05) is 140 Å². The van der Waals surface area contributed by atoms with Crippen molar-refractivity contribution in [1.29, 1.82) is 0 Å². The van der Waals surface area contributed by atoms with E-state index in [1.165, 1.54) is 54.6 Å². The highest BCUT2D eigenvalue weighted by atomic mass is 31.2. The Balaban J connectivity index is 1.72. The van der Waals surface area contributed by atoms with E-state index in [9.17, 15) is 0 Å². The molecule has 0 fully saturated rings. The van der Waals surface area contributed by atoms with Crippen LogP contribution in [0.3, 0.4) is 0 Å². The third-order valence-corrected chi connectivity index (χ3v) is 11.8. The number of hydrogen-bond donors (Lipinski definition) is 0. The molecule has 0 atom stereocenters. The third-order valence-electron chi connectivity index (χ3n) is 7.37. The van der Waals surface area contributed by atoms with Gasteiger partial charge in [0.25, 0.3) is 0 Å². The molecule has 0 unspecified atom stereocenters. The van der Waals surface area contributed by atoms with Gasteiger partial charge >= 0.3 is 0 Å². The largest absolute Gasteiger partial charge is 0.0622 e. The van der Waals surface area contributed by atoms with E-state index in [0.29, 0.717) is 0 Å². The second kappa shape index (κ2) is 8.52. The molecular formula is C35H25P. The zero-order chi connectivity index (χ0) is 24.0. The highest BCUT2D eigenvalue weighted by Gasteiger charge is 2.41. The van der Waals surface area contributed by atoms with E-state index in [-0.39, 0.29) is 0 Å². The zero-order valence-corrected chi connectivity index (χ0v) is 20.8. The fourth-order valence-electron chi connectivity index (χ4n) is 5.87. The fraction of sp³-hybridized carbons (Fsp3) is 0. The maximum absolute atomic E-state index is 2.48. The topological polar surface area (TPSA) is 0 Å². The van der Waals surface area contributed by atoms with Crippen molar-refractivity contribution in [2.24, 2.45) is 0 Å². The minimum absolute atomic E-state index is 1.25. The van der Waals surface area contributed by atoms with E-state index in [0.717, 1.165) is 0 Å². The van der Waals surface area contributed by atoms with Gasteiger partial charge in [0.15, 0.2) is 0 Å². The Morgan fingerprint density at radius 3 is 1.36 bits per heavy atom. The molecule has 0 N–H and O–H groups in total. The minimum atomic E-state index is -2.14. The molecule has 0 amide bonds. The molecule has 2 aliphatic heterocycles. The molecule has 1 spiro atoms. The summed E-state index contributed by atoms with van der Waals surface area (Å²) in [6, 6.07) is 51.0. The van der Waals surface area contributed by atoms with Crippen LogP contribution < -0.4 is 10.6 Å². The summed E-state index contributed by atoms with van der Waals surface area (Å²) in [5.74, 6) is 0. The van der Waals surface area contributed by atoms with E-state index in [4.69, 9.17) is 0 Å². The second-order valence-electron chi connectivity index (χ2n) is 9.32. The summed E-state index contributed by atoms with van der Waals surface area (Å²) in [7, 11) is 0. The molecule has 1 heteroatoms. The van der Waals surface area contributed by atoms with Gasteiger partial charge in [0.2, 0.25) is 0 Å². The van der Waals surface area contributed by atoms with Crippen LogP contribution in [0, 0.1) is 0 Å². The van der Waals surface area contributed by atoms with Crippen LogP contribution >= 0.6 is 6.89 Å². The van der Waals surface area contributed by atoms with Gasteiger partial charge in [0.05, 0.1) is 0 Å². The number of allylic oxidation sites excluding steroid dienone is 3. The maximum Gasteiger partial charge on any atom is -0.00758 e. The Morgan fingerprint density at radius 2 is 0.806 bits per heavy atom. The summed E-state index contributed by atoms with van der Waals surface area (Å²) >= 11 is 0. The van der Waals surface area contributed by atoms with Crippen LogP contribution in [0.15, 0.2) is 152 Å². The molecule has 170 valence electrons. The van der Waals surface area contributed by atoms with Crippen molar-refractivity contribution in [2.45, 2.75) is 0 Å². The predicted octanol–water partition coefficient (Wildman–Crippen LogP) is 7.99. The van der Waals surface area contributed by atoms with Crippen molar-refractivity contribution in [2.75, 3.05) is 0 Å². The first-order chi connectivity index (χ1) is 17.9. The summed E-state index contributed by atoms with van der Waals surface area (Å²) in [5, 5.41) is 5.79. The predicted molar refractivity (Wildman–Crippen MR) is 157 cm³/mol. The standard InChI is InChI=1S/C35H25P/c1-4-14-26(15-5-1)29-24-34(27-16-6-2-7-17-27)36(35(25-29)28-18-8-3-9-19-28)32-22-12-10-20-30(32)31-21-11-13-23-33(31)36/h1-25H. The van der Waals surface area contributed by atoms with E-state index < -0.39 is 6.89 Å². The minimum Gasteiger partial charge on any atom is -0.0622 e. The Bertz CT molecular complexity index is 1650. The van der Waals surface area contributed by atoms with Crippen LogP contribution in [0.25, 0.3) is 22.0 Å². The molecule has 0 aliphatic carbocycles. The van der Waals surface area contributed by atoms with E-state index >= 15 is 0 Å². The number of fused-ring (bicyclic) bond motifs is 5. The lowest BCUT2D eigenvalue weighted by molar-refractivity contribution is 1.61. The first-order valence-corrected chi connectivity index (χ1v) is 14.2. The van der Waals surface area contributed by atoms with Crippen molar-refractivity contribution in [1.82, 2.24) is 0 Å². The van der Waals surface area contributed by atoms with Gasteiger partial charge in [0, 0.05) is 0 Å². The zero-order valence-electron chi connectivity index (χ0n) is 19.9. The monoisotopic (exact) mass is 476 g/mol. The third kappa shape index (κ3) is 3.08. The molecule has 0 bridgehead atoms. The molecule has 36 heavy (non-hydrogen) atoms. The molecule has 0 saturated carbocycles. The SMILES string of the molecule is C1=C(c2ccccc2)C=C(c2ccccc2)P2(=C1c1ccccc1)c1ccccc1-c1ccccc12. The fourth-order valence-corrected chi connectivity index (χ4v) is 10.9. The maximum atomic E-state index is 2.48. The highest BCUT2D eigenvalue weighted by Crippen LogP contribution is 2.67. The Morgan fingerprint density at radius 1 is 0.361 bits per heavy atom. The molecule has 0 saturated heterocycles. The van der Waals surface area contributed by atoms with Crippen molar-refractivity contribution < 1.29 is 0 Å². The Labute approximate surface area is 212 Å². The number of rotatable bonds is 3. The summed E-state index contributed by atoms with van der Waals surface area (Å²) in [5.41, 5.74) is 7.85. The molecule has 5 aromatic carbocycles. The number of hydrogen-bond acceptors (Lipinski definition) is 0. The van der Waals surface area contributed by atoms with Gasteiger partial charge in [-0.25, -0.2) is 0 Å². The van der Waals surface area contributed by atoms with E-state index in [1.807, 2.05) is 0 Å². The molecular weight excluding hydrogens is 451 g/mol. The van der Waals surface area contributed by atoms with Gasteiger partial charge in [-0.05, 0) is 73.6 Å². The Kier molecular flexibility index (Phi) is 5.01. The molecule has 7 rings (SSSR count). The van der Waals surface area contributed by atoms with Gasteiger partial charge < -0.3 is 0 Å². The van der Waals surface area contributed by atoms with Crippen molar-refractivity contribution in [3.05, 3.63) is 168 Å². The van der Waals surface area contributed by atoms with Crippen LogP contribution in [-0.2, 0) is 0 Å². The normalized spacial score (nSPS) is 15.2. The molecule has 5 aromatic rings. The lowest BCUT2D eigenvalue weighted by atomic mass is 10.0. The first kappa shape index (κ1) is 21.2. The summed E-state index contributed by atoms with van der Waals surface area (Å²) in [6.45, 7) is -2.14. The quantitative estimate of drug-likeness (QED) is 0.232. The van der Waals surface area contributed by atoms with E-state index in [1.54, 1.807) is 0 Å². The van der Waals surface area contributed by atoms with Gasteiger partial charge in [-0.15, -0.1) is 0 Å². The highest BCUT2D eigenvalue weighted by molar-refractivity contribution is 7.99. The summed E-state index contributed by atoms with van der Waals surface area (Å²) < 4.78 is 0. The smallest absolute Gasteiger partial charge is 0.00758 e. The summed E-state index contributed by atoms with van der Waals surface area (Å²) in [6.07, 6.45) is 4.95. The average molecular weight is 477 g/mol. The molecule has 2 aliphatic rings. The van der Waals surface area contributed by atoms with Crippen LogP contribution in [0.1, 0.15) is 16.7 Å². The molecule has 0 radical (unpaired) electrons. The first-order valence-electron chi connectivity index (χ1n) is 12.4. The molecule has 0 nitrogen and oxygen atoms in total. The van der Waals surface area contributed by atoms with Crippen molar-refractivity contribution in [3.63, 3.8) is 0 Å². The lowest BCUT2D eigenvalue weighted by Gasteiger charge is -2.35. The second-order valence-corrected chi connectivity index (χ2v) is 12.6. The number of benzene rings is 5. The van der Waals surface area contributed by atoms with Crippen molar-refractivity contribution >= 4 is 33.7 Å². The molecule has 0 aromatic heterocycles. The summed E-state index contributed by atoms with van der Waals surface area (Å²) in [4.78, 5) is 0.